The first-order valence-electron chi connectivity index (χ1n) is 5.10. The average Bonchev–Trinajstić information content (AvgIpc) is 2.21. The number of hydrogen-bond acceptors (Lipinski definition) is 2. The van der Waals surface area contributed by atoms with Crippen molar-refractivity contribution in [2.45, 2.75) is 19.5 Å². The summed E-state index contributed by atoms with van der Waals surface area (Å²) in [6.45, 7) is 2.14. The molecular formula is C11H14F4N2. The fourth-order valence-electron chi connectivity index (χ4n) is 1.52. The van der Waals surface area contributed by atoms with Gasteiger partial charge in [0.1, 0.15) is 0 Å². The minimum Gasteiger partial charge on any atom is -0.396 e. The smallest absolute Gasteiger partial charge is 0.396 e. The van der Waals surface area contributed by atoms with E-state index in [-0.39, 0.29) is 5.92 Å². The van der Waals surface area contributed by atoms with Gasteiger partial charge in [-0.15, -0.1) is 0 Å². The number of alkyl halides is 3. The molecule has 0 aromatic heterocycles. The maximum atomic E-state index is 13.2. The lowest BCUT2D eigenvalue weighted by Crippen LogP contribution is -2.15. The van der Waals surface area contributed by atoms with Gasteiger partial charge in [0.2, 0.25) is 0 Å². The highest BCUT2D eigenvalue weighted by molar-refractivity contribution is 5.47. The van der Waals surface area contributed by atoms with Crippen LogP contribution in [0.25, 0.3) is 0 Å². The van der Waals surface area contributed by atoms with Gasteiger partial charge in [-0.3, -0.25) is 0 Å². The van der Waals surface area contributed by atoms with Gasteiger partial charge in [-0.1, -0.05) is 6.92 Å². The van der Waals surface area contributed by atoms with Crippen molar-refractivity contribution in [3.63, 3.8) is 0 Å². The molecule has 0 aliphatic carbocycles. The maximum absolute atomic E-state index is 13.2. The van der Waals surface area contributed by atoms with Crippen LogP contribution in [0.5, 0.6) is 0 Å². The van der Waals surface area contributed by atoms with E-state index in [0.717, 1.165) is 6.07 Å². The quantitative estimate of drug-likeness (QED) is 0.640. The monoisotopic (exact) mass is 250 g/mol. The van der Waals surface area contributed by atoms with E-state index in [9.17, 15) is 17.6 Å². The molecule has 1 unspecified atom stereocenters. The van der Waals surface area contributed by atoms with Crippen LogP contribution in [0.4, 0.5) is 23.2 Å². The Hall–Kier alpha value is -1.30. The van der Waals surface area contributed by atoms with Gasteiger partial charge in [-0.2, -0.15) is 13.2 Å². The molecule has 17 heavy (non-hydrogen) atoms. The summed E-state index contributed by atoms with van der Waals surface area (Å²) in [7, 11) is 0. The molecule has 0 spiro atoms. The van der Waals surface area contributed by atoms with Crippen molar-refractivity contribution in [2.75, 3.05) is 12.3 Å². The molecule has 0 radical (unpaired) electrons. The fourth-order valence-corrected chi connectivity index (χ4v) is 1.52. The topological polar surface area (TPSA) is 52.0 Å². The molecule has 4 N–H and O–H groups in total. The summed E-state index contributed by atoms with van der Waals surface area (Å²) in [6, 6.07) is 2.01. The van der Waals surface area contributed by atoms with E-state index in [2.05, 4.69) is 0 Å². The van der Waals surface area contributed by atoms with Crippen LogP contribution < -0.4 is 11.5 Å². The molecule has 6 heteroatoms. The number of benzene rings is 1. The van der Waals surface area contributed by atoms with Crippen LogP contribution in [0.2, 0.25) is 0 Å². The Kier molecular flexibility index (Phi) is 3.98. The molecule has 0 aliphatic heterocycles. The van der Waals surface area contributed by atoms with E-state index in [1.165, 1.54) is 6.07 Å². The lowest BCUT2D eigenvalue weighted by atomic mass is 9.98. The molecule has 96 valence electrons. The zero-order chi connectivity index (χ0) is 13.2. The van der Waals surface area contributed by atoms with Gasteiger partial charge < -0.3 is 11.5 Å². The molecular weight excluding hydrogens is 236 g/mol. The summed E-state index contributed by atoms with van der Waals surface area (Å²) in [6.07, 6.45) is -4.40. The number of halogens is 4. The number of rotatable bonds is 3. The summed E-state index contributed by atoms with van der Waals surface area (Å²) in [4.78, 5) is 0. The van der Waals surface area contributed by atoms with Crippen molar-refractivity contribution in [3.05, 3.63) is 29.1 Å². The Bertz CT molecular complexity index is 401. The summed E-state index contributed by atoms with van der Waals surface area (Å²) < 4.78 is 50.8. The van der Waals surface area contributed by atoms with Crippen molar-refractivity contribution in [3.8, 4) is 0 Å². The van der Waals surface area contributed by atoms with Crippen LogP contribution in [-0.2, 0) is 12.6 Å². The molecule has 0 heterocycles. The Morgan fingerprint density at radius 1 is 1.29 bits per heavy atom. The minimum absolute atomic E-state index is 0.0148. The summed E-state index contributed by atoms with van der Waals surface area (Å²) in [5.74, 6) is -1.40. The van der Waals surface area contributed by atoms with Crippen molar-refractivity contribution in [2.24, 2.45) is 11.7 Å². The highest BCUT2D eigenvalue weighted by atomic mass is 19.4. The summed E-state index contributed by atoms with van der Waals surface area (Å²) >= 11 is 0. The van der Waals surface area contributed by atoms with Gasteiger partial charge in [-0.25, -0.2) is 4.39 Å². The van der Waals surface area contributed by atoms with Crippen molar-refractivity contribution >= 4 is 5.69 Å². The fraction of sp³-hybridized carbons (Fsp3) is 0.455. The Balaban J connectivity index is 3.15. The first-order chi connectivity index (χ1) is 7.75. The minimum atomic E-state index is -4.74. The highest BCUT2D eigenvalue weighted by Crippen LogP contribution is 2.34. The molecule has 0 fully saturated rings. The van der Waals surface area contributed by atoms with E-state index in [4.69, 9.17) is 11.5 Å². The molecule has 1 aromatic carbocycles. The largest absolute Gasteiger partial charge is 0.419 e. The predicted molar refractivity (Wildman–Crippen MR) is 57.7 cm³/mol. The predicted octanol–water partition coefficient (Wildman–Crippen LogP) is 2.56. The van der Waals surface area contributed by atoms with Crippen LogP contribution in [0.15, 0.2) is 12.1 Å². The number of hydrogen-bond donors (Lipinski definition) is 2. The average molecular weight is 250 g/mol. The van der Waals surface area contributed by atoms with Crippen LogP contribution in [-0.4, -0.2) is 6.54 Å². The first-order valence-corrected chi connectivity index (χ1v) is 5.10. The van der Waals surface area contributed by atoms with Gasteiger partial charge in [0.05, 0.1) is 11.3 Å². The SMILES string of the molecule is CC(CN)Cc1cc(N)c(F)c(C(F)(F)F)c1. The van der Waals surface area contributed by atoms with E-state index in [0.29, 0.717) is 18.5 Å². The van der Waals surface area contributed by atoms with Gasteiger partial charge >= 0.3 is 6.18 Å². The second kappa shape index (κ2) is 4.91. The molecule has 1 aromatic rings. The molecule has 0 bridgehead atoms. The van der Waals surface area contributed by atoms with Gasteiger partial charge in [-0.05, 0) is 36.6 Å². The lowest BCUT2D eigenvalue weighted by Gasteiger charge is -2.14. The Labute approximate surface area is 96.6 Å². The van der Waals surface area contributed by atoms with E-state index < -0.39 is 23.2 Å². The molecule has 0 saturated heterocycles. The van der Waals surface area contributed by atoms with E-state index in [1.54, 1.807) is 6.92 Å². The molecule has 0 amide bonds. The van der Waals surface area contributed by atoms with Crippen LogP contribution in [0.3, 0.4) is 0 Å². The zero-order valence-corrected chi connectivity index (χ0v) is 9.31. The third-order valence-corrected chi connectivity index (χ3v) is 2.45. The number of anilines is 1. The first kappa shape index (κ1) is 13.8. The van der Waals surface area contributed by atoms with Crippen molar-refractivity contribution in [1.29, 1.82) is 0 Å². The van der Waals surface area contributed by atoms with Gasteiger partial charge in [0, 0.05) is 0 Å². The normalized spacial score (nSPS) is 13.8. The lowest BCUT2D eigenvalue weighted by molar-refractivity contribution is -0.139. The third-order valence-electron chi connectivity index (χ3n) is 2.45. The molecule has 0 aliphatic rings. The summed E-state index contributed by atoms with van der Waals surface area (Å²) in [5.41, 5.74) is 9.15. The Morgan fingerprint density at radius 3 is 2.35 bits per heavy atom. The molecule has 1 rings (SSSR count). The number of nitrogens with two attached hydrogens (primary N) is 2. The second-order valence-corrected chi connectivity index (χ2v) is 4.09. The van der Waals surface area contributed by atoms with Gasteiger partial charge in [0.25, 0.3) is 0 Å². The standard InChI is InChI=1S/C11H14F4N2/c1-6(5-16)2-7-3-8(11(13,14)15)10(12)9(17)4-7/h3-4,6H,2,5,16-17H2,1H3. The molecule has 0 saturated carbocycles. The molecule has 2 nitrogen and oxygen atoms in total. The van der Waals surface area contributed by atoms with Crippen molar-refractivity contribution < 1.29 is 17.6 Å². The second-order valence-electron chi connectivity index (χ2n) is 4.09. The summed E-state index contributed by atoms with van der Waals surface area (Å²) in [5, 5.41) is 0. The Morgan fingerprint density at radius 2 is 1.88 bits per heavy atom. The molecule has 1 atom stereocenters. The van der Waals surface area contributed by atoms with Crippen LogP contribution in [0, 0.1) is 11.7 Å². The maximum Gasteiger partial charge on any atom is 0.419 e. The van der Waals surface area contributed by atoms with Crippen LogP contribution >= 0.6 is 0 Å². The van der Waals surface area contributed by atoms with E-state index >= 15 is 0 Å². The van der Waals surface area contributed by atoms with Gasteiger partial charge in [0.15, 0.2) is 5.82 Å². The number of nitrogen functional groups attached to an aromatic ring is 1. The van der Waals surface area contributed by atoms with Crippen molar-refractivity contribution in [1.82, 2.24) is 0 Å². The van der Waals surface area contributed by atoms with Crippen LogP contribution in [0.1, 0.15) is 18.1 Å². The highest BCUT2D eigenvalue weighted by Gasteiger charge is 2.35. The zero-order valence-electron chi connectivity index (χ0n) is 9.31. The third kappa shape index (κ3) is 3.33. The van der Waals surface area contributed by atoms with E-state index in [1.807, 2.05) is 0 Å².